The molecule has 1 aliphatic carbocycles. The van der Waals surface area contributed by atoms with E-state index in [0.29, 0.717) is 11.6 Å². The Balaban J connectivity index is 0.00000289. The molecule has 1 saturated carbocycles. The molecule has 1 aliphatic rings. The molecule has 0 radical (unpaired) electrons. The monoisotopic (exact) mass is 444 g/mol. The van der Waals surface area contributed by atoms with Gasteiger partial charge >= 0.3 is 0 Å². The van der Waals surface area contributed by atoms with Gasteiger partial charge in [0.05, 0.1) is 0 Å². The highest BCUT2D eigenvalue weighted by molar-refractivity contribution is 7.93. The van der Waals surface area contributed by atoms with E-state index in [1.54, 1.807) is 19.3 Å². The first-order valence-electron chi connectivity index (χ1n) is 10.1. The van der Waals surface area contributed by atoms with Gasteiger partial charge in [0.2, 0.25) is 16.0 Å². The smallest absolute Gasteiger partial charge is 0.240 e. The van der Waals surface area contributed by atoms with Crippen LogP contribution in [0.15, 0.2) is 42.7 Å². The van der Waals surface area contributed by atoms with Crippen molar-refractivity contribution >= 4 is 16.0 Å². The maximum Gasteiger partial charge on any atom is 0.240 e. The number of ether oxygens (including phenoxy) is 1. The highest BCUT2D eigenvalue weighted by Gasteiger charge is 2.44. The predicted molar refractivity (Wildman–Crippen MR) is 119 cm³/mol. The Morgan fingerprint density at radius 1 is 1.16 bits per heavy atom. The quantitative estimate of drug-likeness (QED) is 0.567. The molecule has 10 heteroatoms. The zero-order chi connectivity index (χ0) is 22.2. The number of nitrogens with one attached hydrogen (secondary N) is 1. The average Bonchev–Trinajstić information content (AvgIpc) is 3.36. The third-order valence-corrected chi connectivity index (χ3v) is 7.36. The minimum Gasteiger partial charge on any atom is -0.372 e. The summed E-state index contributed by atoms with van der Waals surface area (Å²) < 4.78 is 36.5. The summed E-state index contributed by atoms with van der Waals surface area (Å²) in [6.07, 6.45) is 4.29. The Hall–Kier alpha value is -2.85. The van der Waals surface area contributed by atoms with Crippen LogP contribution in [0, 0.1) is 6.92 Å². The van der Waals surface area contributed by atoms with Gasteiger partial charge < -0.3 is 4.74 Å². The Labute approximate surface area is 183 Å². The number of hydrogen-bond acceptors (Lipinski definition) is 7. The summed E-state index contributed by atoms with van der Waals surface area (Å²) in [5.41, 5.74) is 1.53. The molecule has 3 aromatic rings. The molecule has 1 aromatic carbocycles. The Morgan fingerprint density at radius 2 is 1.81 bits per heavy atom. The average molecular weight is 445 g/mol. The van der Waals surface area contributed by atoms with Crippen LogP contribution < -0.4 is 4.72 Å². The number of methoxy groups -OCH3 is 1. The van der Waals surface area contributed by atoms with Gasteiger partial charge in [0.15, 0.2) is 11.6 Å². The van der Waals surface area contributed by atoms with Crippen LogP contribution in [-0.2, 0) is 20.3 Å². The SMILES string of the molecule is CO[C@H](c1ncc(C)cn1)C(C)S(=O)(=O)Nc1nnc(-c2ccccc2)n1C1(C)CC1.[HH]. The first-order valence-corrected chi connectivity index (χ1v) is 11.6. The van der Waals surface area contributed by atoms with Gasteiger partial charge in [0.25, 0.3) is 0 Å². The lowest BCUT2D eigenvalue weighted by Crippen LogP contribution is -2.34. The second-order valence-electron chi connectivity index (χ2n) is 8.17. The first kappa shape index (κ1) is 21.4. The first-order chi connectivity index (χ1) is 14.7. The van der Waals surface area contributed by atoms with Crippen molar-refractivity contribution < 1.29 is 14.6 Å². The van der Waals surface area contributed by atoms with Crippen LogP contribution in [0.25, 0.3) is 11.4 Å². The number of aromatic nitrogens is 5. The van der Waals surface area contributed by atoms with Gasteiger partial charge in [-0.3, -0.25) is 9.29 Å². The summed E-state index contributed by atoms with van der Waals surface area (Å²) in [5.74, 6) is 1.15. The molecule has 1 fully saturated rings. The lowest BCUT2D eigenvalue weighted by Gasteiger charge is -2.23. The van der Waals surface area contributed by atoms with Gasteiger partial charge in [0, 0.05) is 32.0 Å². The Kier molecular flexibility index (Phi) is 5.52. The van der Waals surface area contributed by atoms with Crippen molar-refractivity contribution in [1.29, 1.82) is 0 Å². The second-order valence-corrected chi connectivity index (χ2v) is 10.2. The maximum atomic E-state index is 13.3. The van der Waals surface area contributed by atoms with E-state index >= 15 is 0 Å². The minimum absolute atomic E-state index is 0. The summed E-state index contributed by atoms with van der Waals surface area (Å²) in [5, 5.41) is 7.53. The molecular formula is C21H28N6O3S. The number of benzene rings is 1. The van der Waals surface area contributed by atoms with E-state index in [0.717, 1.165) is 24.0 Å². The van der Waals surface area contributed by atoms with Crippen molar-refractivity contribution in [3.05, 3.63) is 54.1 Å². The maximum absolute atomic E-state index is 13.3. The van der Waals surface area contributed by atoms with Crippen LogP contribution in [0.1, 0.15) is 45.6 Å². The molecule has 1 unspecified atom stereocenters. The fraction of sp³-hybridized carbons (Fsp3) is 0.429. The van der Waals surface area contributed by atoms with E-state index in [9.17, 15) is 8.42 Å². The molecule has 0 spiro atoms. The van der Waals surface area contributed by atoms with E-state index in [-0.39, 0.29) is 12.9 Å². The molecule has 0 amide bonds. The van der Waals surface area contributed by atoms with Gasteiger partial charge in [-0.1, -0.05) is 30.3 Å². The molecule has 9 nitrogen and oxygen atoms in total. The van der Waals surface area contributed by atoms with Gasteiger partial charge in [-0.25, -0.2) is 18.4 Å². The number of hydrogen-bond donors (Lipinski definition) is 1. The Morgan fingerprint density at radius 3 is 2.39 bits per heavy atom. The van der Waals surface area contributed by atoms with E-state index in [1.165, 1.54) is 7.11 Å². The van der Waals surface area contributed by atoms with Crippen LogP contribution in [0.3, 0.4) is 0 Å². The summed E-state index contributed by atoms with van der Waals surface area (Å²) >= 11 is 0. The van der Waals surface area contributed by atoms with E-state index in [4.69, 9.17) is 4.74 Å². The molecular weight excluding hydrogens is 416 g/mol. The molecule has 0 saturated heterocycles. The van der Waals surface area contributed by atoms with Crippen LogP contribution in [0.4, 0.5) is 5.95 Å². The standard InChI is InChI=1S/C21H26N6O3S.H2/c1-14-12-22-18(23-13-14)17(30-4)15(2)31(28,29)26-20-25-24-19(16-8-6-5-7-9-16)27(20)21(3)10-11-21;/h5-9,12-13,15,17H,10-11H2,1-4H3,(H,25,26);1H/t15?,17-;/m0./s1. The van der Waals surface area contributed by atoms with Gasteiger partial charge in [-0.2, -0.15) is 0 Å². The largest absolute Gasteiger partial charge is 0.372 e. The molecule has 0 bridgehead atoms. The number of nitrogens with zero attached hydrogens (tertiary/aromatic N) is 5. The lowest BCUT2D eigenvalue weighted by molar-refractivity contribution is 0.0949. The summed E-state index contributed by atoms with van der Waals surface area (Å²) in [6, 6.07) is 9.62. The van der Waals surface area contributed by atoms with Crippen LogP contribution in [-0.4, -0.2) is 45.5 Å². The van der Waals surface area contributed by atoms with Crippen molar-refractivity contribution in [3.63, 3.8) is 0 Å². The highest BCUT2D eigenvalue weighted by atomic mass is 32.2. The lowest BCUT2D eigenvalue weighted by atomic mass is 10.2. The molecule has 4 rings (SSSR count). The Bertz CT molecular complexity index is 1160. The third-order valence-electron chi connectivity index (χ3n) is 5.67. The number of anilines is 1. The molecule has 166 valence electrons. The van der Waals surface area contributed by atoms with Gasteiger partial charge in [0.1, 0.15) is 11.4 Å². The fourth-order valence-corrected chi connectivity index (χ4v) is 4.61. The summed E-state index contributed by atoms with van der Waals surface area (Å²) in [6.45, 7) is 5.50. The van der Waals surface area contributed by atoms with E-state index < -0.39 is 21.4 Å². The third kappa shape index (κ3) is 4.17. The minimum atomic E-state index is -3.89. The van der Waals surface area contributed by atoms with Crippen molar-refractivity contribution in [2.24, 2.45) is 0 Å². The van der Waals surface area contributed by atoms with Crippen molar-refractivity contribution in [1.82, 2.24) is 24.7 Å². The summed E-state index contributed by atoms with van der Waals surface area (Å²) in [4.78, 5) is 8.48. The van der Waals surface area contributed by atoms with Crippen molar-refractivity contribution in [2.45, 2.75) is 50.5 Å². The number of sulfonamides is 1. The zero-order valence-electron chi connectivity index (χ0n) is 18.0. The molecule has 2 heterocycles. The van der Waals surface area contributed by atoms with Gasteiger partial charge in [-0.05, 0) is 39.2 Å². The zero-order valence-corrected chi connectivity index (χ0v) is 18.8. The predicted octanol–water partition coefficient (Wildman–Crippen LogP) is 3.32. The molecule has 2 atom stereocenters. The van der Waals surface area contributed by atoms with Crippen LogP contribution in [0.5, 0.6) is 0 Å². The molecule has 31 heavy (non-hydrogen) atoms. The fourth-order valence-electron chi connectivity index (χ4n) is 3.48. The van der Waals surface area contributed by atoms with Crippen LogP contribution >= 0.6 is 0 Å². The van der Waals surface area contributed by atoms with Crippen LogP contribution in [0.2, 0.25) is 0 Å². The van der Waals surface area contributed by atoms with Crippen molar-refractivity contribution in [3.8, 4) is 11.4 Å². The van der Waals surface area contributed by atoms with E-state index in [1.807, 2.05) is 41.8 Å². The highest BCUT2D eigenvalue weighted by Crippen LogP contribution is 2.47. The normalized spacial score (nSPS) is 17.2. The van der Waals surface area contributed by atoms with Gasteiger partial charge in [-0.15, -0.1) is 10.2 Å². The summed E-state index contributed by atoms with van der Waals surface area (Å²) in [7, 11) is -2.44. The topological polar surface area (TPSA) is 112 Å². The molecule has 1 N–H and O–H groups in total. The number of rotatable bonds is 8. The van der Waals surface area contributed by atoms with Crippen molar-refractivity contribution in [2.75, 3.05) is 11.8 Å². The molecule has 2 aromatic heterocycles. The van der Waals surface area contributed by atoms with E-state index in [2.05, 4.69) is 31.8 Å². The number of aryl methyl sites for hydroxylation is 1. The second kappa shape index (κ2) is 8.01. The molecule has 0 aliphatic heterocycles.